The number of rotatable bonds is 2. The second kappa shape index (κ2) is 4.55. The van der Waals surface area contributed by atoms with E-state index in [-0.39, 0.29) is 11.7 Å². The van der Waals surface area contributed by atoms with E-state index >= 15 is 0 Å². The predicted octanol–water partition coefficient (Wildman–Crippen LogP) is 2.72. The number of phenols is 1. The molecule has 0 aliphatic carbocycles. The summed E-state index contributed by atoms with van der Waals surface area (Å²) in [5.41, 5.74) is 3.88. The molecule has 0 radical (unpaired) electrons. The average molecular weight is 248 g/mol. The standard InChI is InChI=1S/C12H12N2O2S/c1-7-4-10(15)8(2)3-9(7)14-12(16)11-5-13-6-17-11/h3-6,15H,1-2H3,(H,14,16). The van der Waals surface area contributed by atoms with Crippen LogP contribution in [0.5, 0.6) is 5.75 Å². The highest BCUT2D eigenvalue weighted by Crippen LogP contribution is 2.25. The van der Waals surface area contributed by atoms with E-state index < -0.39 is 0 Å². The van der Waals surface area contributed by atoms with Gasteiger partial charge in [0.2, 0.25) is 0 Å². The third-order valence-corrected chi connectivity index (χ3v) is 3.22. The van der Waals surface area contributed by atoms with Crippen LogP contribution in [0, 0.1) is 13.8 Å². The summed E-state index contributed by atoms with van der Waals surface area (Å²) in [5, 5.41) is 12.3. The Morgan fingerprint density at radius 3 is 2.76 bits per heavy atom. The molecule has 2 N–H and O–H groups in total. The number of anilines is 1. The van der Waals surface area contributed by atoms with Crippen LogP contribution in [0.15, 0.2) is 23.8 Å². The Balaban J connectivity index is 2.25. The molecule has 88 valence electrons. The van der Waals surface area contributed by atoms with Gasteiger partial charge in [0.1, 0.15) is 10.6 Å². The van der Waals surface area contributed by atoms with Crippen LogP contribution < -0.4 is 5.32 Å². The molecule has 0 unspecified atom stereocenters. The van der Waals surface area contributed by atoms with E-state index in [0.717, 1.165) is 11.1 Å². The molecular formula is C12H12N2O2S. The number of aryl methyl sites for hydroxylation is 2. The van der Waals surface area contributed by atoms with Gasteiger partial charge in [-0.1, -0.05) is 0 Å². The molecule has 1 heterocycles. The van der Waals surface area contributed by atoms with Crippen molar-refractivity contribution in [2.45, 2.75) is 13.8 Å². The fourth-order valence-electron chi connectivity index (χ4n) is 1.45. The number of aromatic hydroxyl groups is 1. The zero-order chi connectivity index (χ0) is 12.4. The quantitative estimate of drug-likeness (QED) is 0.803. The number of benzene rings is 1. The number of thiazole rings is 1. The summed E-state index contributed by atoms with van der Waals surface area (Å²) in [5.74, 6) is 0.0546. The topological polar surface area (TPSA) is 62.2 Å². The van der Waals surface area contributed by atoms with E-state index in [9.17, 15) is 9.90 Å². The molecule has 0 atom stereocenters. The highest BCUT2D eigenvalue weighted by atomic mass is 32.1. The van der Waals surface area contributed by atoms with Crippen LogP contribution in [0.2, 0.25) is 0 Å². The number of hydrogen-bond acceptors (Lipinski definition) is 4. The lowest BCUT2D eigenvalue weighted by Gasteiger charge is -2.09. The summed E-state index contributed by atoms with van der Waals surface area (Å²) >= 11 is 1.29. The second-order valence-corrected chi connectivity index (χ2v) is 4.66. The first-order chi connectivity index (χ1) is 8.08. The first-order valence-corrected chi connectivity index (χ1v) is 5.96. The molecule has 0 bridgehead atoms. The van der Waals surface area contributed by atoms with Crippen molar-refractivity contribution < 1.29 is 9.90 Å². The minimum Gasteiger partial charge on any atom is -0.508 e. The van der Waals surface area contributed by atoms with Crippen LogP contribution >= 0.6 is 11.3 Å². The fourth-order valence-corrected chi connectivity index (χ4v) is 1.96. The van der Waals surface area contributed by atoms with Crippen molar-refractivity contribution >= 4 is 22.9 Å². The maximum atomic E-state index is 11.8. The second-order valence-electron chi connectivity index (χ2n) is 3.77. The van der Waals surface area contributed by atoms with E-state index in [2.05, 4.69) is 10.3 Å². The third kappa shape index (κ3) is 2.45. The van der Waals surface area contributed by atoms with Crippen molar-refractivity contribution in [3.05, 3.63) is 39.8 Å². The van der Waals surface area contributed by atoms with Crippen LogP contribution in [0.1, 0.15) is 20.8 Å². The molecule has 0 aliphatic rings. The Bertz CT molecular complexity index is 550. The van der Waals surface area contributed by atoms with Crippen molar-refractivity contribution in [2.24, 2.45) is 0 Å². The zero-order valence-electron chi connectivity index (χ0n) is 9.52. The number of phenolic OH excluding ortho intramolecular Hbond substituents is 1. The molecule has 0 fully saturated rings. The van der Waals surface area contributed by atoms with Crippen LogP contribution in [-0.4, -0.2) is 16.0 Å². The van der Waals surface area contributed by atoms with Crippen molar-refractivity contribution in [3.8, 4) is 5.75 Å². The van der Waals surface area contributed by atoms with Crippen molar-refractivity contribution in [1.29, 1.82) is 0 Å². The Hall–Kier alpha value is -1.88. The molecule has 4 nitrogen and oxygen atoms in total. The molecule has 17 heavy (non-hydrogen) atoms. The highest BCUT2D eigenvalue weighted by molar-refractivity contribution is 7.11. The van der Waals surface area contributed by atoms with Crippen molar-refractivity contribution in [2.75, 3.05) is 5.32 Å². The molecule has 0 aliphatic heterocycles. The van der Waals surface area contributed by atoms with E-state index in [0.29, 0.717) is 10.6 Å². The van der Waals surface area contributed by atoms with Gasteiger partial charge in [0, 0.05) is 5.69 Å². The molecule has 0 saturated heterocycles. The summed E-state index contributed by atoms with van der Waals surface area (Å²) in [6, 6.07) is 3.39. The van der Waals surface area contributed by atoms with Gasteiger partial charge in [-0.15, -0.1) is 11.3 Å². The third-order valence-electron chi connectivity index (χ3n) is 2.45. The molecule has 1 aromatic carbocycles. The summed E-state index contributed by atoms with van der Waals surface area (Å²) in [7, 11) is 0. The average Bonchev–Trinajstić information content (AvgIpc) is 2.79. The summed E-state index contributed by atoms with van der Waals surface area (Å²) in [6.07, 6.45) is 1.53. The number of hydrogen-bond donors (Lipinski definition) is 2. The molecule has 5 heteroatoms. The number of nitrogens with one attached hydrogen (secondary N) is 1. The minimum atomic E-state index is -0.180. The van der Waals surface area contributed by atoms with Gasteiger partial charge in [-0.25, -0.2) is 0 Å². The van der Waals surface area contributed by atoms with Gasteiger partial charge in [0.25, 0.3) is 5.91 Å². The van der Waals surface area contributed by atoms with E-state index in [1.807, 2.05) is 6.92 Å². The van der Waals surface area contributed by atoms with E-state index in [4.69, 9.17) is 0 Å². The Kier molecular flexibility index (Phi) is 3.10. The monoisotopic (exact) mass is 248 g/mol. The van der Waals surface area contributed by atoms with E-state index in [1.165, 1.54) is 17.5 Å². The van der Waals surface area contributed by atoms with Crippen LogP contribution in [0.3, 0.4) is 0 Å². The molecule has 1 amide bonds. The maximum Gasteiger partial charge on any atom is 0.267 e. The number of aromatic nitrogens is 1. The Morgan fingerprint density at radius 1 is 1.35 bits per heavy atom. The maximum absolute atomic E-state index is 11.8. The normalized spacial score (nSPS) is 10.2. The van der Waals surface area contributed by atoms with Gasteiger partial charge in [0.15, 0.2) is 0 Å². The summed E-state index contributed by atoms with van der Waals surface area (Å²) < 4.78 is 0. The number of carbonyl (C=O) groups is 1. The molecular weight excluding hydrogens is 236 g/mol. The minimum absolute atomic E-state index is 0.180. The predicted molar refractivity (Wildman–Crippen MR) is 67.6 cm³/mol. The molecule has 0 saturated carbocycles. The van der Waals surface area contributed by atoms with Gasteiger partial charge in [0.05, 0.1) is 11.7 Å². The zero-order valence-corrected chi connectivity index (χ0v) is 10.3. The van der Waals surface area contributed by atoms with Crippen LogP contribution in [0.4, 0.5) is 5.69 Å². The lowest BCUT2D eigenvalue weighted by molar-refractivity contribution is 0.103. The van der Waals surface area contributed by atoms with Crippen molar-refractivity contribution in [1.82, 2.24) is 4.98 Å². The van der Waals surface area contributed by atoms with Gasteiger partial charge in [-0.2, -0.15) is 0 Å². The molecule has 2 rings (SSSR count). The van der Waals surface area contributed by atoms with Gasteiger partial charge < -0.3 is 10.4 Å². The molecule has 0 spiro atoms. The Morgan fingerprint density at radius 2 is 2.12 bits per heavy atom. The van der Waals surface area contributed by atoms with Gasteiger partial charge in [-0.3, -0.25) is 9.78 Å². The van der Waals surface area contributed by atoms with Crippen LogP contribution in [-0.2, 0) is 0 Å². The number of nitrogens with zero attached hydrogens (tertiary/aromatic N) is 1. The Labute approximate surface area is 103 Å². The largest absolute Gasteiger partial charge is 0.508 e. The number of carbonyl (C=O) groups excluding carboxylic acids is 1. The SMILES string of the molecule is Cc1cc(NC(=O)c2cncs2)c(C)cc1O. The molecule has 1 aromatic heterocycles. The lowest BCUT2D eigenvalue weighted by Crippen LogP contribution is -2.11. The van der Waals surface area contributed by atoms with Gasteiger partial charge >= 0.3 is 0 Å². The molecule has 2 aromatic rings. The van der Waals surface area contributed by atoms with Gasteiger partial charge in [-0.05, 0) is 37.1 Å². The van der Waals surface area contributed by atoms with Crippen LogP contribution in [0.25, 0.3) is 0 Å². The van der Waals surface area contributed by atoms with E-state index in [1.54, 1.807) is 24.6 Å². The fraction of sp³-hybridized carbons (Fsp3) is 0.167. The highest BCUT2D eigenvalue weighted by Gasteiger charge is 2.10. The first kappa shape index (κ1) is 11.6. The van der Waals surface area contributed by atoms with Crippen molar-refractivity contribution in [3.63, 3.8) is 0 Å². The lowest BCUT2D eigenvalue weighted by atomic mass is 10.1. The summed E-state index contributed by atoms with van der Waals surface area (Å²) in [4.78, 5) is 16.2. The number of amides is 1. The first-order valence-electron chi connectivity index (χ1n) is 5.08. The smallest absolute Gasteiger partial charge is 0.267 e. The summed E-state index contributed by atoms with van der Waals surface area (Å²) in [6.45, 7) is 3.62.